The summed E-state index contributed by atoms with van der Waals surface area (Å²) >= 11 is 0. The number of imidazole rings is 1. The minimum Gasteiger partial charge on any atom is -0.334 e. The molecule has 1 aliphatic rings. The fourth-order valence-corrected chi connectivity index (χ4v) is 2.95. The SMILES string of the molecule is Cn1ccnc1C(=O)C1CCCN(C(=O)NCc2cccnc2)C1. The smallest absolute Gasteiger partial charge is 0.317 e. The Hall–Kier alpha value is -2.70. The van der Waals surface area contributed by atoms with Crippen LogP contribution in [0.3, 0.4) is 0 Å². The van der Waals surface area contributed by atoms with Crippen molar-refractivity contribution in [1.29, 1.82) is 0 Å². The number of hydrogen-bond donors (Lipinski definition) is 1. The summed E-state index contributed by atoms with van der Waals surface area (Å²) in [6.07, 6.45) is 8.41. The third-order valence-electron chi connectivity index (χ3n) is 4.29. The summed E-state index contributed by atoms with van der Waals surface area (Å²) in [5.74, 6) is 0.272. The highest BCUT2D eigenvalue weighted by Crippen LogP contribution is 2.20. The Kier molecular flexibility index (Phi) is 4.88. The first-order chi connectivity index (χ1) is 11.6. The second-order valence-corrected chi connectivity index (χ2v) is 6.03. The van der Waals surface area contributed by atoms with E-state index >= 15 is 0 Å². The number of aryl methyl sites for hydroxylation is 1. The van der Waals surface area contributed by atoms with E-state index in [2.05, 4.69) is 15.3 Å². The Morgan fingerprint density at radius 3 is 2.96 bits per heavy atom. The van der Waals surface area contributed by atoms with Crippen LogP contribution >= 0.6 is 0 Å². The standard InChI is InChI=1S/C17H21N5O2/c1-21-9-7-19-16(21)15(23)14-5-3-8-22(12-14)17(24)20-11-13-4-2-6-18-10-13/h2,4,6-7,9-10,14H,3,5,8,11-12H2,1H3,(H,20,24). The van der Waals surface area contributed by atoms with Gasteiger partial charge in [-0.2, -0.15) is 0 Å². The number of nitrogens with one attached hydrogen (secondary N) is 1. The van der Waals surface area contributed by atoms with E-state index in [9.17, 15) is 9.59 Å². The Morgan fingerprint density at radius 1 is 1.38 bits per heavy atom. The average molecular weight is 327 g/mol. The molecule has 1 fully saturated rings. The van der Waals surface area contributed by atoms with Crippen LogP contribution in [-0.4, -0.2) is 44.3 Å². The maximum atomic E-state index is 12.6. The molecular formula is C17H21N5O2. The average Bonchev–Trinajstić information content (AvgIpc) is 3.06. The molecule has 1 aliphatic heterocycles. The van der Waals surface area contributed by atoms with E-state index in [1.165, 1.54) is 0 Å². The highest BCUT2D eigenvalue weighted by molar-refractivity contribution is 5.95. The number of hydrogen-bond acceptors (Lipinski definition) is 4. The van der Waals surface area contributed by atoms with E-state index in [0.717, 1.165) is 18.4 Å². The van der Waals surface area contributed by atoms with Crippen molar-refractivity contribution in [3.63, 3.8) is 0 Å². The predicted molar refractivity (Wildman–Crippen MR) is 88.3 cm³/mol. The van der Waals surface area contributed by atoms with Gasteiger partial charge >= 0.3 is 6.03 Å². The van der Waals surface area contributed by atoms with E-state index in [0.29, 0.717) is 25.5 Å². The predicted octanol–water partition coefficient (Wildman–Crippen LogP) is 1.62. The lowest BCUT2D eigenvalue weighted by molar-refractivity contribution is 0.0831. The van der Waals surface area contributed by atoms with Crippen LogP contribution in [0, 0.1) is 5.92 Å². The van der Waals surface area contributed by atoms with Crippen LogP contribution in [-0.2, 0) is 13.6 Å². The van der Waals surface area contributed by atoms with Crippen molar-refractivity contribution < 1.29 is 9.59 Å². The third-order valence-corrected chi connectivity index (χ3v) is 4.29. The quantitative estimate of drug-likeness (QED) is 0.865. The fraction of sp³-hybridized carbons (Fsp3) is 0.412. The third kappa shape index (κ3) is 3.61. The normalized spacial score (nSPS) is 17.5. The van der Waals surface area contributed by atoms with Crippen molar-refractivity contribution in [2.24, 2.45) is 13.0 Å². The first kappa shape index (κ1) is 16.2. The lowest BCUT2D eigenvalue weighted by atomic mass is 9.93. The molecule has 3 heterocycles. The van der Waals surface area contributed by atoms with E-state index in [1.54, 1.807) is 41.3 Å². The van der Waals surface area contributed by atoms with Gasteiger partial charge in [0.15, 0.2) is 5.82 Å². The second kappa shape index (κ2) is 7.25. The highest BCUT2D eigenvalue weighted by Gasteiger charge is 2.30. The molecule has 7 heteroatoms. The molecule has 7 nitrogen and oxygen atoms in total. The second-order valence-electron chi connectivity index (χ2n) is 6.03. The monoisotopic (exact) mass is 327 g/mol. The molecule has 1 saturated heterocycles. The number of nitrogens with zero attached hydrogens (tertiary/aromatic N) is 4. The van der Waals surface area contributed by atoms with Gasteiger partial charge in [0.2, 0.25) is 5.78 Å². The molecule has 0 spiro atoms. The van der Waals surface area contributed by atoms with E-state index in [1.807, 2.05) is 12.1 Å². The molecule has 0 radical (unpaired) electrons. The molecule has 2 aromatic heterocycles. The van der Waals surface area contributed by atoms with Crippen molar-refractivity contribution in [2.75, 3.05) is 13.1 Å². The maximum absolute atomic E-state index is 12.6. The zero-order valence-corrected chi connectivity index (χ0v) is 13.7. The summed E-state index contributed by atoms with van der Waals surface area (Å²) in [5, 5.41) is 2.89. The summed E-state index contributed by atoms with van der Waals surface area (Å²) in [7, 11) is 1.81. The Balaban J connectivity index is 1.58. The topological polar surface area (TPSA) is 80.1 Å². The van der Waals surface area contributed by atoms with Crippen LogP contribution in [0.25, 0.3) is 0 Å². The van der Waals surface area contributed by atoms with Gasteiger partial charge in [-0.3, -0.25) is 9.78 Å². The van der Waals surface area contributed by atoms with Gasteiger partial charge in [0, 0.05) is 57.4 Å². The number of pyridine rings is 1. The summed E-state index contributed by atoms with van der Waals surface area (Å²) in [5.41, 5.74) is 0.948. The number of amides is 2. The highest BCUT2D eigenvalue weighted by atomic mass is 16.2. The van der Waals surface area contributed by atoms with E-state index in [-0.39, 0.29) is 17.7 Å². The number of piperidine rings is 1. The van der Waals surface area contributed by atoms with Crippen LogP contribution < -0.4 is 5.32 Å². The number of urea groups is 1. The summed E-state index contributed by atoms with van der Waals surface area (Å²) in [6.45, 7) is 1.54. The molecule has 0 saturated carbocycles. The number of likely N-dealkylation sites (tertiary alicyclic amines) is 1. The number of carbonyl (C=O) groups is 2. The van der Waals surface area contributed by atoms with Gasteiger partial charge in [0.05, 0.1) is 0 Å². The van der Waals surface area contributed by atoms with Gasteiger partial charge < -0.3 is 14.8 Å². The molecule has 2 amide bonds. The molecule has 2 aromatic rings. The first-order valence-corrected chi connectivity index (χ1v) is 8.08. The number of rotatable bonds is 4. The minimum atomic E-state index is -0.191. The van der Waals surface area contributed by atoms with Gasteiger partial charge in [-0.15, -0.1) is 0 Å². The van der Waals surface area contributed by atoms with Crippen LogP contribution in [0.1, 0.15) is 29.0 Å². The summed E-state index contributed by atoms with van der Waals surface area (Å²) in [4.78, 5) is 34.8. The summed E-state index contributed by atoms with van der Waals surface area (Å²) in [6, 6.07) is 3.61. The van der Waals surface area contributed by atoms with Crippen LogP contribution in [0.5, 0.6) is 0 Å². The van der Waals surface area contributed by atoms with Gasteiger partial charge in [-0.25, -0.2) is 9.78 Å². The van der Waals surface area contributed by atoms with Crippen molar-refractivity contribution >= 4 is 11.8 Å². The number of aromatic nitrogens is 3. The summed E-state index contributed by atoms with van der Waals surface area (Å²) < 4.78 is 1.73. The number of carbonyl (C=O) groups excluding carboxylic acids is 2. The van der Waals surface area contributed by atoms with Gasteiger partial charge in [0.1, 0.15) is 0 Å². The van der Waals surface area contributed by atoms with Crippen molar-refractivity contribution in [2.45, 2.75) is 19.4 Å². The molecule has 126 valence electrons. The molecule has 1 unspecified atom stereocenters. The van der Waals surface area contributed by atoms with Crippen LogP contribution in [0.2, 0.25) is 0 Å². The fourth-order valence-electron chi connectivity index (χ4n) is 2.95. The zero-order valence-electron chi connectivity index (χ0n) is 13.7. The van der Waals surface area contributed by atoms with Crippen LogP contribution in [0.4, 0.5) is 4.79 Å². The molecular weight excluding hydrogens is 306 g/mol. The van der Waals surface area contributed by atoms with Gasteiger partial charge in [0.25, 0.3) is 0 Å². The first-order valence-electron chi connectivity index (χ1n) is 8.08. The molecule has 1 N–H and O–H groups in total. The zero-order chi connectivity index (χ0) is 16.9. The lowest BCUT2D eigenvalue weighted by Crippen LogP contribution is -2.47. The number of ketones is 1. The van der Waals surface area contributed by atoms with E-state index < -0.39 is 0 Å². The Labute approximate surface area is 140 Å². The van der Waals surface area contributed by atoms with Crippen LogP contribution in [0.15, 0.2) is 36.9 Å². The Bertz CT molecular complexity index is 713. The van der Waals surface area contributed by atoms with Crippen molar-refractivity contribution in [3.8, 4) is 0 Å². The van der Waals surface area contributed by atoms with Gasteiger partial charge in [-0.1, -0.05) is 6.07 Å². The lowest BCUT2D eigenvalue weighted by Gasteiger charge is -2.31. The van der Waals surface area contributed by atoms with Crippen molar-refractivity contribution in [1.82, 2.24) is 24.8 Å². The maximum Gasteiger partial charge on any atom is 0.317 e. The minimum absolute atomic E-state index is 0.00672. The molecule has 0 bridgehead atoms. The van der Waals surface area contributed by atoms with Crippen molar-refractivity contribution in [3.05, 3.63) is 48.3 Å². The van der Waals surface area contributed by atoms with Gasteiger partial charge in [-0.05, 0) is 24.5 Å². The number of Topliss-reactive ketones (excluding diaryl/α,β-unsaturated/α-hetero) is 1. The molecule has 0 aliphatic carbocycles. The molecule has 24 heavy (non-hydrogen) atoms. The molecule has 0 aromatic carbocycles. The molecule has 3 rings (SSSR count). The molecule has 1 atom stereocenters. The Morgan fingerprint density at radius 2 is 2.25 bits per heavy atom. The largest absolute Gasteiger partial charge is 0.334 e. The van der Waals surface area contributed by atoms with E-state index in [4.69, 9.17) is 0 Å².